The Morgan fingerprint density at radius 1 is 0.510 bits per heavy atom. The van der Waals surface area contributed by atoms with Crippen molar-refractivity contribution in [3.63, 3.8) is 0 Å². The number of carbonyl (C=O) groups excluding carboxylic acids is 6. The Morgan fingerprint density at radius 2 is 0.857 bits per heavy atom. The summed E-state index contributed by atoms with van der Waals surface area (Å²) in [4.78, 5) is 75.5. The molecule has 0 aliphatic carbocycles. The first-order chi connectivity index (χ1) is 23.6. The Morgan fingerprint density at radius 3 is 1.24 bits per heavy atom. The zero-order valence-corrected chi connectivity index (χ0v) is 27.1. The molecular formula is C36H42N4O9. The van der Waals surface area contributed by atoms with E-state index < -0.39 is 53.8 Å². The van der Waals surface area contributed by atoms with Crippen LogP contribution in [0.25, 0.3) is 0 Å². The van der Waals surface area contributed by atoms with E-state index in [1.807, 2.05) is 30.3 Å². The molecule has 0 unspecified atom stereocenters. The van der Waals surface area contributed by atoms with Gasteiger partial charge < -0.3 is 36.3 Å². The van der Waals surface area contributed by atoms with Gasteiger partial charge in [-0.2, -0.15) is 0 Å². The third-order valence-corrected chi connectivity index (χ3v) is 7.29. The van der Waals surface area contributed by atoms with E-state index in [0.717, 1.165) is 16.7 Å². The van der Waals surface area contributed by atoms with E-state index in [1.165, 1.54) is 0 Å². The zero-order valence-electron chi connectivity index (χ0n) is 27.1. The molecule has 13 heteroatoms. The van der Waals surface area contributed by atoms with E-state index in [9.17, 15) is 28.8 Å². The van der Waals surface area contributed by atoms with E-state index in [2.05, 4.69) is 10.6 Å². The normalized spacial score (nSPS) is 12.4. The minimum Gasteiger partial charge on any atom is -0.461 e. The highest BCUT2D eigenvalue weighted by Crippen LogP contribution is 2.09. The molecule has 3 amide bonds. The Labute approximate surface area is 284 Å². The van der Waals surface area contributed by atoms with Crippen LogP contribution in [0.3, 0.4) is 0 Å². The monoisotopic (exact) mass is 674 g/mol. The highest BCUT2D eigenvalue weighted by atomic mass is 16.5. The van der Waals surface area contributed by atoms with Crippen LogP contribution in [0.2, 0.25) is 0 Å². The minimum absolute atomic E-state index is 0.0122. The summed E-state index contributed by atoms with van der Waals surface area (Å²) >= 11 is 0. The van der Waals surface area contributed by atoms with Gasteiger partial charge in [-0.1, -0.05) is 91.0 Å². The molecule has 0 heterocycles. The standard InChI is InChI=1S/C36H42N4O9/c37-28(16-19-31(41)47-22-25-10-4-1-5-11-25)35(45)40-30(18-21-33(43)49-24-27-14-8-3-9-15-27)36(46)39-29(34(38)44)17-20-32(42)48-23-26-12-6-2-7-13-26/h1-15,28-30H,16-24,37H2,(H2,38,44)(H,39,46)(H,40,45)/t28-,29+,30+/m1/s1. The van der Waals surface area contributed by atoms with Crippen LogP contribution in [0.15, 0.2) is 91.0 Å². The van der Waals surface area contributed by atoms with Crippen molar-refractivity contribution in [2.75, 3.05) is 0 Å². The summed E-state index contributed by atoms with van der Waals surface area (Å²) in [6.07, 6.45) is -1.11. The van der Waals surface area contributed by atoms with Crippen LogP contribution in [0.1, 0.15) is 55.2 Å². The van der Waals surface area contributed by atoms with Crippen LogP contribution in [0.5, 0.6) is 0 Å². The van der Waals surface area contributed by atoms with E-state index in [1.54, 1.807) is 60.7 Å². The lowest BCUT2D eigenvalue weighted by Crippen LogP contribution is -2.55. The van der Waals surface area contributed by atoms with Crippen molar-refractivity contribution in [1.29, 1.82) is 0 Å². The van der Waals surface area contributed by atoms with Gasteiger partial charge in [-0.15, -0.1) is 0 Å². The zero-order chi connectivity index (χ0) is 35.4. The van der Waals surface area contributed by atoms with Gasteiger partial charge in [0.1, 0.15) is 31.9 Å². The number of ether oxygens (including phenoxy) is 3. The van der Waals surface area contributed by atoms with Gasteiger partial charge in [-0.25, -0.2) is 0 Å². The molecule has 0 bridgehead atoms. The molecule has 0 radical (unpaired) electrons. The maximum Gasteiger partial charge on any atom is 0.306 e. The van der Waals surface area contributed by atoms with Crippen LogP contribution in [-0.4, -0.2) is 53.8 Å². The smallest absolute Gasteiger partial charge is 0.306 e. The van der Waals surface area contributed by atoms with E-state index >= 15 is 0 Å². The van der Waals surface area contributed by atoms with Gasteiger partial charge in [-0.05, 0) is 36.0 Å². The van der Waals surface area contributed by atoms with Gasteiger partial charge >= 0.3 is 17.9 Å². The van der Waals surface area contributed by atoms with Crippen LogP contribution < -0.4 is 22.1 Å². The second kappa shape index (κ2) is 20.6. The Bertz CT molecular complexity index is 1520. The second-order valence-electron chi connectivity index (χ2n) is 11.2. The van der Waals surface area contributed by atoms with Gasteiger partial charge in [0.15, 0.2) is 0 Å². The topological polar surface area (TPSA) is 206 Å². The largest absolute Gasteiger partial charge is 0.461 e. The summed E-state index contributed by atoms with van der Waals surface area (Å²) in [5.41, 5.74) is 13.9. The number of nitrogens with two attached hydrogens (primary N) is 2. The Kier molecular flexibility index (Phi) is 16.0. The highest BCUT2D eigenvalue weighted by Gasteiger charge is 2.29. The fourth-order valence-corrected chi connectivity index (χ4v) is 4.46. The predicted molar refractivity (Wildman–Crippen MR) is 177 cm³/mol. The fraction of sp³-hybridized carbons (Fsp3) is 0.333. The predicted octanol–water partition coefficient (Wildman–Crippen LogP) is 2.34. The fourth-order valence-electron chi connectivity index (χ4n) is 4.46. The molecule has 0 saturated heterocycles. The summed E-state index contributed by atoms with van der Waals surface area (Å²) in [6.45, 7) is 0.112. The highest BCUT2D eigenvalue weighted by molar-refractivity contribution is 5.93. The molecule has 0 aromatic heterocycles. The molecule has 3 rings (SSSR count). The average Bonchev–Trinajstić information content (AvgIpc) is 3.12. The Balaban J connectivity index is 1.56. The summed E-state index contributed by atoms with van der Waals surface area (Å²) in [7, 11) is 0. The molecule has 0 saturated carbocycles. The van der Waals surface area contributed by atoms with E-state index in [0.29, 0.717) is 0 Å². The van der Waals surface area contributed by atoms with Crippen molar-refractivity contribution >= 4 is 35.6 Å². The summed E-state index contributed by atoms with van der Waals surface area (Å²) in [5.74, 6) is -4.32. The lowest BCUT2D eigenvalue weighted by molar-refractivity contribution is -0.146. The molecule has 13 nitrogen and oxygen atoms in total. The van der Waals surface area contributed by atoms with Crippen molar-refractivity contribution in [3.05, 3.63) is 108 Å². The summed E-state index contributed by atoms with van der Waals surface area (Å²) in [5, 5.41) is 4.95. The lowest BCUT2D eigenvalue weighted by atomic mass is 10.1. The number of primary amides is 1. The van der Waals surface area contributed by atoms with Crippen molar-refractivity contribution < 1.29 is 43.0 Å². The number of nitrogens with one attached hydrogen (secondary N) is 2. The summed E-state index contributed by atoms with van der Waals surface area (Å²) < 4.78 is 15.7. The molecule has 0 aliphatic heterocycles. The first-order valence-corrected chi connectivity index (χ1v) is 15.8. The van der Waals surface area contributed by atoms with Gasteiger partial charge in [0.2, 0.25) is 17.7 Å². The van der Waals surface area contributed by atoms with Gasteiger partial charge in [-0.3, -0.25) is 28.8 Å². The van der Waals surface area contributed by atoms with Crippen molar-refractivity contribution in [3.8, 4) is 0 Å². The molecular weight excluding hydrogens is 632 g/mol. The maximum absolute atomic E-state index is 13.3. The third-order valence-electron chi connectivity index (χ3n) is 7.29. The van der Waals surface area contributed by atoms with Crippen LogP contribution in [0.4, 0.5) is 0 Å². The molecule has 3 aromatic carbocycles. The quantitative estimate of drug-likeness (QED) is 0.102. The number of benzene rings is 3. The molecule has 0 spiro atoms. The van der Waals surface area contributed by atoms with Gasteiger partial charge in [0.05, 0.1) is 6.04 Å². The van der Waals surface area contributed by atoms with Crippen molar-refractivity contribution in [2.45, 2.75) is 76.5 Å². The number of hydrogen-bond acceptors (Lipinski definition) is 10. The van der Waals surface area contributed by atoms with E-state index in [-0.39, 0.29) is 58.3 Å². The maximum atomic E-state index is 13.3. The van der Waals surface area contributed by atoms with Gasteiger partial charge in [0, 0.05) is 19.3 Å². The molecule has 0 aliphatic rings. The average molecular weight is 675 g/mol. The number of amides is 3. The molecule has 260 valence electrons. The van der Waals surface area contributed by atoms with Crippen LogP contribution >= 0.6 is 0 Å². The Hall–Kier alpha value is -5.56. The molecule has 3 aromatic rings. The third kappa shape index (κ3) is 14.8. The number of rotatable bonds is 20. The number of hydrogen-bond donors (Lipinski definition) is 4. The number of carbonyl (C=O) groups is 6. The first-order valence-electron chi connectivity index (χ1n) is 15.8. The van der Waals surface area contributed by atoms with Crippen molar-refractivity contribution in [2.24, 2.45) is 11.5 Å². The SMILES string of the molecule is NC(=O)[C@H](CCC(=O)OCc1ccccc1)NC(=O)[C@H](CCC(=O)OCc1ccccc1)NC(=O)[C@H](N)CCC(=O)OCc1ccccc1. The molecule has 6 N–H and O–H groups in total. The minimum atomic E-state index is -1.33. The molecule has 49 heavy (non-hydrogen) atoms. The molecule has 3 atom stereocenters. The van der Waals surface area contributed by atoms with Gasteiger partial charge in [0.25, 0.3) is 0 Å². The first kappa shape index (κ1) is 37.9. The lowest BCUT2D eigenvalue weighted by Gasteiger charge is -2.23. The number of esters is 3. The van der Waals surface area contributed by atoms with E-state index in [4.69, 9.17) is 25.7 Å². The summed E-state index contributed by atoms with van der Waals surface area (Å²) in [6, 6.07) is 23.2. The molecule has 0 fully saturated rings. The van der Waals surface area contributed by atoms with Crippen molar-refractivity contribution in [1.82, 2.24) is 10.6 Å². The van der Waals surface area contributed by atoms with Crippen LogP contribution in [0, 0.1) is 0 Å². The second-order valence-corrected chi connectivity index (χ2v) is 11.2. The van der Waals surface area contributed by atoms with Crippen LogP contribution in [-0.2, 0) is 62.8 Å².